The number of aliphatic hydroxyl groups excluding tert-OH is 1. The van der Waals surface area contributed by atoms with Crippen molar-refractivity contribution in [1.82, 2.24) is 10.3 Å². The van der Waals surface area contributed by atoms with Gasteiger partial charge in [0, 0.05) is 12.0 Å². The van der Waals surface area contributed by atoms with Gasteiger partial charge in [-0.05, 0) is 56.3 Å². The van der Waals surface area contributed by atoms with Crippen LogP contribution in [0.5, 0.6) is 0 Å². The molecule has 6 rings (SSSR count). The van der Waals surface area contributed by atoms with E-state index in [-0.39, 0.29) is 5.41 Å². The van der Waals surface area contributed by atoms with Crippen LogP contribution in [-0.2, 0) is 12.0 Å². The third-order valence-corrected chi connectivity index (χ3v) is 6.16. The average molecular weight is 274 g/mol. The first kappa shape index (κ1) is 11.8. The summed E-state index contributed by atoms with van der Waals surface area (Å²) in [6.45, 7) is 1.31. The van der Waals surface area contributed by atoms with Crippen LogP contribution >= 0.6 is 0 Å². The molecule has 0 saturated heterocycles. The molecule has 0 spiro atoms. The van der Waals surface area contributed by atoms with Gasteiger partial charge in [-0.1, -0.05) is 0 Å². The highest BCUT2D eigenvalue weighted by atomic mass is 16.4. The van der Waals surface area contributed by atoms with Crippen molar-refractivity contribution >= 4 is 0 Å². The number of rotatable bonds is 1. The fourth-order valence-corrected chi connectivity index (χ4v) is 5.77. The molecule has 4 aliphatic carbocycles. The fourth-order valence-electron chi connectivity index (χ4n) is 5.77. The van der Waals surface area contributed by atoms with E-state index in [4.69, 9.17) is 9.40 Å². The molecule has 1 atom stereocenters. The van der Waals surface area contributed by atoms with Gasteiger partial charge in [0.1, 0.15) is 17.6 Å². The highest BCUT2D eigenvalue weighted by Gasteiger charge is 2.54. The molecule has 1 aromatic heterocycles. The summed E-state index contributed by atoms with van der Waals surface area (Å²) in [6, 6.07) is 0. The lowest BCUT2D eigenvalue weighted by Gasteiger charge is -2.55. The molecule has 2 heterocycles. The molecule has 108 valence electrons. The number of aromatic nitrogens is 1. The van der Waals surface area contributed by atoms with E-state index in [0.717, 1.165) is 35.1 Å². The van der Waals surface area contributed by atoms with Crippen molar-refractivity contribution < 1.29 is 9.52 Å². The Hall–Kier alpha value is -0.870. The number of aliphatic hydroxyl groups is 1. The third-order valence-electron chi connectivity index (χ3n) is 6.16. The van der Waals surface area contributed by atoms with Gasteiger partial charge in [-0.15, -0.1) is 0 Å². The van der Waals surface area contributed by atoms with Crippen LogP contribution in [0, 0.1) is 17.8 Å². The van der Waals surface area contributed by atoms with E-state index >= 15 is 0 Å². The van der Waals surface area contributed by atoms with E-state index < -0.39 is 6.10 Å². The summed E-state index contributed by atoms with van der Waals surface area (Å²) in [5.41, 5.74) is 1.00. The summed E-state index contributed by atoms with van der Waals surface area (Å²) in [5.74, 6) is 4.51. The summed E-state index contributed by atoms with van der Waals surface area (Å²) in [6.07, 6.45) is 7.61. The maximum atomic E-state index is 10.1. The number of nitrogens with one attached hydrogen (secondary N) is 1. The van der Waals surface area contributed by atoms with Crippen LogP contribution in [0.4, 0.5) is 0 Å². The summed E-state index contributed by atoms with van der Waals surface area (Å²) in [5, 5.41) is 13.3. The van der Waals surface area contributed by atoms with Crippen molar-refractivity contribution in [2.75, 3.05) is 6.54 Å². The van der Waals surface area contributed by atoms with Crippen LogP contribution in [0.3, 0.4) is 0 Å². The second kappa shape index (κ2) is 3.86. The van der Waals surface area contributed by atoms with E-state index in [0.29, 0.717) is 13.1 Å². The molecule has 4 bridgehead atoms. The number of hydrogen-bond donors (Lipinski definition) is 2. The van der Waals surface area contributed by atoms with Crippen LogP contribution in [0.1, 0.15) is 62.0 Å². The van der Waals surface area contributed by atoms with Crippen molar-refractivity contribution in [3.05, 3.63) is 17.3 Å². The van der Waals surface area contributed by atoms with Crippen molar-refractivity contribution in [2.45, 2.75) is 56.6 Å². The van der Waals surface area contributed by atoms with Crippen molar-refractivity contribution in [2.24, 2.45) is 17.8 Å². The molecular formula is C16H22N2O2. The second-order valence-corrected chi connectivity index (χ2v) is 7.67. The van der Waals surface area contributed by atoms with Gasteiger partial charge in [-0.25, -0.2) is 4.98 Å². The number of β-amino-alcohol motifs (C(OH)–C–C–N with tert-alkyl or cyclic N) is 1. The topological polar surface area (TPSA) is 58.3 Å². The maximum absolute atomic E-state index is 10.1. The van der Waals surface area contributed by atoms with Crippen molar-refractivity contribution in [3.63, 3.8) is 0 Å². The zero-order valence-electron chi connectivity index (χ0n) is 11.8. The Kier molecular flexibility index (Phi) is 2.27. The molecule has 5 aliphatic rings. The summed E-state index contributed by atoms with van der Waals surface area (Å²) < 4.78 is 6.13. The van der Waals surface area contributed by atoms with Gasteiger partial charge in [0.25, 0.3) is 0 Å². The van der Waals surface area contributed by atoms with Gasteiger partial charge in [0.05, 0.1) is 6.54 Å². The van der Waals surface area contributed by atoms with Gasteiger partial charge in [0.2, 0.25) is 5.89 Å². The summed E-state index contributed by atoms with van der Waals surface area (Å²) in [4.78, 5) is 4.77. The quantitative estimate of drug-likeness (QED) is 0.825. The van der Waals surface area contributed by atoms with Crippen LogP contribution in [0.25, 0.3) is 0 Å². The van der Waals surface area contributed by atoms with Gasteiger partial charge >= 0.3 is 0 Å². The molecule has 0 aromatic carbocycles. The Morgan fingerprint density at radius 1 is 1.10 bits per heavy atom. The molecule has 4 nitrogen and oxygen atoms in total. The van der Waals surface area contributed by atoms with Crippen molar-refractivity contribution in [1.29, 1.82) is 0 Å². The van der Waals surface area contributed by atoms with E-state index in [1.807, 2.05) is 0 Å². The number of hydrogen-bond acceptors (Lipinski definition) is 4. The highest BCUT2D eigenvalue weighted by Crippen LogP contribution is 2.60. The molecular weight excluding hydrogens is 252 g/mol. The van der Waals surface area contributed by atoms with Gasteiger partial charge in [-0.3, -0.25) is 0 Å². The smallest absolute Gasteiger partial charge is 0.201 e. The first-order chi connectivity index (χ1) is 9.72. The largest absolute Gasteiger partial charge is 0.443 e. The second-order valence-electron chi connectivity index (χ2n) is 7.67. The normalized spacial score (nSPS) is 45.6. The standard InChI is InChI=1S/C16H22N2O2/c19-12-7-17-8-13-14(12)18-15(20-13)16-4-9-1-10(5-16)3-11(2-9)6-16/h9-12,17,19H,1-8H2. The fraction of sp³-hybridized carbons (Fsp3) is 0.812. The number of nitrogens with zero attached hydrogens (tertiary/aromatic N) is 1. The molecule has 1 unspecified atom stereocenters. The van der Waals surface area contributed by atoms with Crippen LogP contribution < -0.4 is 5.32 Å². The molecule has 1 aromatic rings. The van der Waals surface area contributed by atoms with Gasteiger partial charge < -0.3 is 14.8 Å². The maximum Gasteiger partial charge on any atom is 0.201 e. The Morgan fingerprint density at radius 3 is 2.35 bits per heavy atom. The summed E-state index contributed by atoms with van der Waals surface area (Å²) >= 11 is 0. The first-order valence-electron chi connectivity index (χ1n) is 8.11. The zero-order valence-corrected chi connectivity index (χ0v) is 11.8. The predicted octanol–water partition coefficient (Wildman–Crippen LogP) is 2.28. The Morgan fingerprint density at radius 2 is 1.75 bits per heavy atom. The lowest BCUT2D eigenvalue weighted by molar-refractivity contribution is -0.0182. The van der Waals surface area contributed by atoms with Gasteiger partial charge in [-0.2, -0.15) is 0 Å². The minimum Gasteiger partial charge on any atom is -0.443 e. The van der Waals surface area contributed by atoms with Crippen molar-refractivity contribution in [3.8, 4) is 0 Å². The Balaban J connectivity index is 1.56. The number of fused-ring (bicyclic) bond motifs is 1. The first-order valence-corrected chi connectivity index (χ1v) is 8.11. The van der Waals surface area contributed by atoms with Crippen LogP contribution in [0.15, 0.2) is 4.42 Å². The molecule has 0 radical (unpaired) electrons. The Labute approximate surface area is 119 Å². The minimum atomic E-state index is -0.495. The van der Waals surface area contributed by atoms with E-state index in [1.54, 1.807) is 0 Å². The van der Waals surface area contributed by atoms with Gasteiger partial charge in [0.15, 0.2) is 0 Å². The van der Waals surface area contributed by atoms with E-state index in [2.05, 4.69) is 5.32 Å². The zero-order chi connectivity index (χ0) is 13.3. The highest BCUT2D eigenvalue weighted by molar-refractivity contribution is 5.22. The molecule has 1 aliphatic heterocycles. The summed E-state index contributed by atoms with van der Waals surface area (Å²) in [7, 11) is 0. The van der Waals surface area contributed by atoms with Crippen LogP contribution in [-0.4, -0.2) is 16.6 Å². The molecule has 20 heavy (non-hydrogen) atoms. The monoisotopic (exact) mass is 274 g/mol. The average Bonchev–Trinajstić information content (AvgIpc) is 2.83. The third kappa shape index (κ3) is 1.52. The molecule has 0 amide bonds. The lowest BCUT2D eigenvalue weighted by Crippen LogP contribution is -2.48. The van der Waals surface area contributed by atoms with E-state index in [1.165, 1.54) is 38.5 Å². The predicted molar refractivity (Wildman–Crippen MR) is 73.0 cm³/mol. The lowest BCUT2D eigenvalue weighted by atomic mass is 9.49. The number of oxazole rings is 1. The Bertz CT molecular complexity index is 515. The molecule has 2 N–H and O–H groups in total. The molecule has 4 heteroatoms. The van der Waals surface area contributed by atoms with E-state index in [9.17, 15) is 5.11 Å². The molecule has 4 fully saturated rings. The minimum absolute atomic E-state index is 0.200. The SMILES string of the molecule is OC1CNCc2oc(C34CC5CC(CC(C5)C3)C4)nc21. The van der Waals surface area contributed by atoms with Crippen LogP contribution in [0.2, 0.25) is 0 Å². The molecule has 4 saturated carbocycles.